The second-order valence-electron chi connectivity index (χ2n) is 7.20. The number of piperidine rings is 1. The Morgan fingerprint density at radius 1 is 1.00 bits per heavy atom. The van der Waals surface area contributed by atoms with Crippen molar-refractivity contribution in [2.24, 2.45) is 0 Å². The van der Waals surface area contributed by atoms with E-state index in [9.17, 15) is 0 Å². The zero-order valence-electron chi connectivity index (χ0n) is 14.9. The molecule has 0 aliphatic carbocycles. The van der Waals surface area contributed by atoms with Crippen LogP contribution in [0.4, 0.5) is 0 Å². The Bertz CT molecular complexity index is 803. The molecule has 25 heavy (non-hydrogen) atoms. The third-order valence-electron chi connectivity index (χ3n) is 5.53. The van der Waals surface area contributed by atoms with Gasteiger partial charge in [0.2, 0.25) is 0 Å². The number of fused-ring (bicyclic) bond motifs is 1. The van der Waals surface area contributed by atoms with E-state index in [1.165, 1.54) is 24.0 Å². The van der Waals surface area contributed by atoms with Crippen molar-refractivity contribution in [3.63, 3.8) is 0 Å². The molecule has 1 unspecified atom stereocenters. The minimum Gasteiger partial charge on any atom is -0.303 e. The molecule has 0 radical (unpaired) electrons. The molecule has 0 amide bonds. The second-order valence-corrected chi connectivity index (χ2v) is 7.20. The van der Waals surface area contributed by atoms with E-state index in [-0.39, 0.29) is 0 Å². The van der Waals surface area contributed by atoms with Crippen molar-refractivity contribution in [2.75, 3.05) is 19.6 Å². The Balaban J connectivity index is 1.31. The monoisotopic (exact) mass is 334 g/mol. The number of aromatic nitrogens is 3. The Kier molecular flexibility index (Phi) is 4.79. The van der Waals surface area contributed by atoms with E-state index in [1.54, 1.807) is 0 Å². The first-order valence-corrected chi connectivity index (χ1v) is 9.38. The van der Waals surface area contributed by atoms with Crippen molar-refractivity contribution in [1.29, 1.82) is 0 Å². The second kappa shape index (κ2) is 7.36. The highest BCUT2D eigenvalue weighted by Crippen LogP contribution is 2.26. The number of likely N-dealkylation sites (tertiary alicyclic amines) is 1. The average molecular weight is 334 g/mol. The summed E-state index contributed by atoms with van der Waals surface area (Å²) in [4.78, 5) is 2.61. The molecule has 0 saturated carbocycles. The van der Waals surface area contributed by atoms with Crippen LogP contribution in [0.3, 0.4) is 0 Å². The van der Waals surface area contributed by atoms with Gasteiger partial charge in [-0.05, 0) is 49.4 Å². The summed E-state index contributed by atoms with van der Waals surface area (Å²) in [6.45, 7) is 5.82. The summed E-state index contributed by atoms with van der Waals surface area (Å²) in [5.41, 5.74) is 3.62. The Morgan fingerprint density at radius 2 is 1.72 bits per heavy atom. The molecule has 0 N–H and O–H groups in total. The van der Waals surface area contributed by atoms with Crippen LogP contribution in [0, 0.1) is 0 Å². The van der Waals surface area contributed by atoms with E-state index in [0.29, 0.717) is 12.0 Å². The fourth-order valence-corrected chi connectivity index (χ4v) is 3.87. The van der Waals surface area contributed by atoms with E-state index < -0.39 is 0 Å². The van der Waals surface area contributed by atoms with Crippen LogP contribution >= 0.6 is 0 Å². The summed E-state index contributed by atoms with van der Waals surface area (Å²) < 4.78 is 2.14. The lowest BCUT2D eigenvalue weighted by Crippen LogP contribution is -2.36. The molecular weight excluding hydrogens is 308 g/mol. The Morgan fingerprint density at radius 3 is 2.52 bits per heavy atom. The summed E-state index contributed by atoms with van der Waals surface area (Å²) in [6, 6.07) is 19.6. The van der Waals surface area contributed by atoms with Gasteiger partial charge < -0.3 is 4.90 Å². The maximum absolute atomic E-state index is 4.41. The lowest BCUT2D eigenvalue weighted by atomic mass is 9.97. The fourth-order valence-electron chi connectivity index (χ4n) is 3.87. The third-order valence-corrected chi connectivity index (χ3v) is 5.53. The molecule has 3 aromatic rings. The lowest BCUT2D eigenvalue weighted by molar-refractivity contribution is 0.177. The van der Waals surface area contributed by atoms with E-state index in [1.807, 2.05) is 12.1 Å². The van der Waals surface area contributed by atoms with Crippen LogP contribution in [0.5, 0.6) is 0 Å². The van der Waals surface area contributed by atoms with Crippen molar-refractivity contribution in [2.45, 2.75) is 38.1 Å². The smallest absolute Gasteiger partial charge is 0.113 e. The van der Waals surface area contributed by atoms with Crippen LogP contribution < -0.4 is 0 Å². The first-order valence-electron chi connectivity index (χ1n) is 9.38. The van der Waals surface area contributed by atoms with Gasteiger partial charge in [-0.15, -0.1) is 5.10 Å². The predicted octanol–water partition coefficient (Wildman–Crippen LogP) is 4.26. The highest BCUT2D eigenvalue weighted by atomic mass is 15.4. The number of nitrogens with zero attached hydrogens (tertiary/aromatic N) is 4. The predicted molar refractivity (Wildman–Crippen MR) is 102 cm³/mol. The van der Waals surface area contributed by atoms with Gasteiger partial charge in [0.05, 0.1) is 11.6 Å². The molecule has 1 atom stereocenters. The van der Waals surface area contributed by atoms with Crippen LogP contribution in [-0.4, -0.2) is 39.5 Å². The van der Waals surface area contributed by atoms with Gasteiger partial charge in [0.15, 0.2) is 0 Å². The van der Waals surface area contributed by atoms with Crippen LogP contribution in [0.25, 0.3) is 11.0 Å². The van der Waals surface area contributed by atoms with E-state index in [2.05, 4.69) is 69.3 Å². The molecular formula is C21H26N4. The van der Waals surface area contributed by atoms with Crippen molar-refractivity contribution in [1.82, 2.24) is 19.9 Å². The summed E-state index contributed by atoms with van der Waals surface area (Å²) in [5.74, 6) is 0.623. The number of para-hydroxylation sites is 1. The minimum absolute atomic E-state index is 0.482. The normalized spacial score (nSPS) is 17.8. The van der Waals surface area contributed by atoms with Gasteiger partial charge in [-0.2, -0.15) is 0 Å². The van der Waals surface area contributed by atoms with Gasteiger partial charge >= 0.3 is 0 Å². The number of hydrogen-bond donors (Lipinski definition) is 0. The minimum atomic E-state index is 0.482. The fraction of sp³-hybridized carbons (Fsp3) is 0.429. The first kappa shape index (κ1) is 16.3. The largest absolute Gasteiger partial charge is 0.303 e. The van der Waals surface area contributed by atoms with Crippen LogP contribution in [0.1, 0.15) is 43.7 Å². The molecule has 1 saturated heterocycles. The number of rotatable bonds is 5. The summed E-state index contributed by atoms with van der Waals surface area (Å²) in [7, 11) is 0. The van der Waals surface area contributed by atoms with Crippen molar-refractivity contribution in [3.05, 3.63) is 60.2 Å². The molecule has 2 aromatic carbocycles. The van der Waals surface area contributed by atoms with E-state index in [4.69, 9.17) is 0 Å². The standard InChI is InChI=1S/C21H26N4/c1-17(18-7-3-2-4-8-18)11-14-24-15-12-19(13-16-24)25-21-10-6-5-9-20(21)22-23-25/h2-10,17,19H,11-16H2,1H3. The highest BCUT2D eigenvalue weighted by Gasteiger charge is 2.23. The zero-order chi connectivity index (χ0) is 17.1. The molecule has 1 aliphatic rings. The number of hydrogen-bond acceptors (Lipinski definition) is 3. The molecule has 1 aromatic heterocycles. The molecule has 4 nitrogen and oxygen atoms in total. The molecule has 1 fully saturated rings. The van der Waals surface area contributed by atoms with Gasteiger partial charge in [-0.1, -0.05) is 54.6 Å². The van der Waals surface area contributed by atoms with Gasteiger partial charge in [-0.3, -0.25) is 0 Å². The Hall–Kier alpha value is -2.20. The zero-order valence-corrected chi connectivity index (χ0v) is 14.9. The third kappa shape index (κ3) is 3.59. The summed E-state index contributed by atoms with van der Waals surface area (Å²) in [6.07, 6.45) is 3.54. The van der Waals surface area contributed by atoms with Crippen LogP contribution in [0.2, 0.25) is 0 Å². The topological polar surface area (TPSA) is 34.0 Å². The first-order chi connectivity index (χ1) is 12.3. The molecule has 4 heteroatoms. The molecule has 1 aliphatic heterocycles. The van der Waals surface area contributed by atoms with Crippen molar-refractivity contribution in [3.8, 4) is 0 Å². The summed E-state index contributed by atoms with van der Waals surface area (Å²) >= 11 is 0. The number of benzene rings is 2. The lowest BCUT2D eigenvalue weighted by Gasteiger charge is -2.32. The molecule has 2 heterocycles. The van der Waals surface area contributed by atoms with Crippen LogP contribution in [-0.2, 0) is 0 Å². The van der Waals surface area contributed by atoms with Gasteiger partial charge in [0.25, 0.3) is 0 Å². The van der Waals surface area contributed by atoms with Gasteiger partial charge in [0, 0.05) is 13.1 Å². The molecule has 4 rings (SSSR count). The van der Waals surface area contributed by atoms with Crippen LogP contribution in [0.15, 0.2) is 54.6 Å². The maximum atomic E-state index is 4.41. The highest BCUT2D eigenvalue weighted by molar-refractivity contribution is 5.73. The van der Waals surface area contributed by atoms with E-state index >= 15 is 0 Å². The van der Waals surface area contributed by atoms with Crippen molar-refractivity contribution >= 4 is 11.0 Å². The average Bonchev–Trinajstić information content (AvgIpc) is 3.11. The summed E-state index contributed by atoms with van der Waals surface area (Å²) in [5, 5.41) is 8.71. The van der Waals surface area contributed by atoms with E-state index in [0.717, 1.165) is 31.4 Å². The SMILES string of the molecule is CC(CCN1CCC(n2nnc3ccccc32)CC1)c1ccccc1. The van der Waals surface area contributed by atoms with Gasteiger partial charge in [-0.25, -0.2) is 4.68 Å². The quantitative estimate of drug-likeness (QED) is 0.699. The van der Waals surface area contributed by atoms with Gasteiger partial charge in [0.1, 0.15) is 5.52 Å². The molecule has 0 bridgehead atoms. The van der Waals surface area contributed by atoms with Crippen molar-refractivity contribution < 1.29 is 0 Å². The molecule has 0 spiro atoms. The maximum Gasteiger partial charge on any atom is 0.113 e. The molecule has 130 valence electrons. The Labute approximate surface area is 149 Å².